The summed E-state index contributed by atoms with van der Waals surface area (Å²) in [5.74, 6) is 0.0136. The highest BCUT2D eigenvalue weighted by Gasteiger charge is 2.27. The van der Waals surface area contributed by atoms with Gasteiger partial charge in [-0.3, -0.25) is 4.79 Å². The molecule has 162 valence electrons. The molecular weight excluding hydrogens is 402 g/mol. The summed E-state index contributed by atoms with van der Waals surface area (Å²) in [6.45, 7) is 4.75. The van der Waals surface area contributed by atoms with E-state index in [1.54, 1.807) is 0 Å². The molecule has 0 saturated heterocycles. The third-order valence-corrected chi connectivity index (χ3v) is 5.50. The van der Waals surface area contributed by atoms with Gasteiger partial charge in [0.2, 0.25) is 17.6 Å². The molecule has 0 aliphatic heterocycles. The van der Waals surface area contributed by atoms with E-state index < -0.39 is 5.97 Å². The fraction of sp³-hybridized carbons (Fsp3) is 0.192. The molecule has 4 rings (SSSR count). The molecule has 1 aromatic heterocycles. The quantitative estimate of drug-likeness (QED) is 0.214. The van der Waals surface area contributed by atoms with Crippen LogP contribution in [0.5, 0.6) is 5.75 Å². The van der Waals surface area contributed by atoms with Gasteiger partial charge in [-0.05, 0) is 37.1 Å². The first-order valence-electron chi connectivity index (χ1n) is 10.6. The third kappa shape index (κ3) is 4.05. The van der Waals surface area contributed by atoms with Crippen molar-refractivity contribution in [3.8, 4) is 5.75 Å². The average Bonchev–Trinajstić information content (AvgIpc) is 2.80. The summed E-state index contributed by atoms with van der Waals surface area (Å²) >= 11 is 0. The summed E-state index contributed by atoms with van der Waals surface area (Å²) in [7, 11) is 0. The van der Waals surface area contributed by atoms with E-state index in [1.165, 1.54) is 0 Å². The molecule has 0 atom stereocenters. The Labute approximate surface area is 186 Å². The van der Waals surface area contributed by atoms with E-state index in [4.69, 9.17) is 10.5 Å². The van der Waals surface area contributed by atoms with Crippen molar-refractivity contribution in [3.05, 3.63) is 83.4 Å². The smallest absolute Gasteiger partial charge is 0.345 e. The van der Waals surface area contributed by atoms with Crippen molar-refractivity contribution in [1.29, 1.82) is 0 Å². The molecule has 0 aliphatic carbocycles. The predicted octanol–water partition coefficient (Wildman–Crippen LogP) is 3.19. The first kappa shape index (κ1) is 21.5. The maximum Gasteiger partial charge on any atom is 0.345 e. The molecule has 6 heteroatoms. The molecule has 0 spiro atoms. The molecule has 0 aliphatic rings. The second kappa shape index (κ2) is 9.16. The van der Waals surface area contributed by atoms with Gasteiger partial charge in [-0.25, -0.2) is 4.79 Å². The molecule has 4 aromatic rings. The van der Waals surface area contributed by atoms with Crippen molar-refractivity contribution in [2.45, 2.75) is 20.4 Å². The number of para-hydroxylation sites is 3. The highest BCUT2D eigenvalue weighted by Crippen LogP contribution is 2.29. The maximum atomic E-state index is 13.5. The van der Waals surface area contributed by atoms with E-state index >= 15 is 0 Å². The van der Waals surface area contributed by atoms with Gasteiger partial charge in [-0.2, -0.15) is 4.57 Å². The predicted molar refractivity (Wildman–Crippen MR) is 125 cm³/mol. The Morgan fingerprint density at radius 1 is 0.875 bits per heavy atom. The zero-order valence-electron chi connectivity index (χ0n) is 18.2. The van der Waals surface area contributed by atoms with Crippen molar-refractivity contribution in [2.75, 3.05) is 13.1 Å². The van der Waals surface area contributed by atoms with E-state index in [9.17, 15) is 9.59 Å². The second-order valence-corrected chi connectivity index (χ2v) is 7.74. The number of nitrogens with zero attached hydrogens (tertiary/aromatic N) is 1. The van der Waals surface area contributed by atoms with E-state index in [0.29, 0.717) is 24.4 Å². The number of rotatable bonds is 6. The molecule has 3 N–H and O–H groups in total. The number of aryl methyl sites for hydroxylation is 2. The average molecular weight is 429 g/mol. The van der Waals surface area contributed by atoms with Crippen LogP contribution in [0.15, 0.2) is 66.7 Å². The van der Waals surface area contributed by atoms with Crippen molar-refractivity contribution in [1.82, 2.24) is 5.32 Å². The lowest BCUT2D eigenvalue weighted by Crippen LogP contribution is -2.45. The lowest BCUT2D eigenvalue weighted by molar-refractivity contribution is -0.632. The second-order valence-electron chi connectivity index (χ2n) is 7.74. The number of fused-ring (bicyclic) bond motifs is 2. The highest BCUT2D eigenvalue weighted by molar-refractivity contribution is 6.13. The minimum absolute atomic E-state index is 0.118. The number of carbonyl (C=O) groups is 2. The molecule has 3 aromatic carbocycles. The van der Waals surface area contributed by atoms with Crippen LogP contribution in [-0.2, 0) is 11.3 Å². The summed E-state index contributed by atoms with van der Waals surface area (Å²) in [6.07, 6.45) is 0. The van der Waals surface area contributed by atoms with Crippen LogP contribution < -0.4 is 20.4 Å². The number of hydrogen-bond donors (Lipinski definition) is 2. The van der Waals surface area contributed by atoms with Crippen molar-refractivity contribution in [3.63, 3.8) is 0 Å². The fourth-order valence-electron chi connectivity index (χ4n) is 4.02. The minimum Gasteiger partial charge on any atom is -0.422 e. The van der Waals surface area contributed by atoms with Crippen LogP contribution in [0.2, 0.25) is 0 Å². The lowest BCUT2D eigenvalue weighted by atomic mass is 10.0. The zero-order valence-corrected chi connectivity index (χ0v) is 18.2. The summed E-state index contributed by atoms with van der Waals surface area (Å²) < 4.78 is 7.83. The van der Waals surface area contributed by atoms with Gasteiger partial charge in [0.05, 0.1) is 16.3 Å². The highest BCUT2D eigenvalue weighted by atomic mass is 16.5. The number of hydrogen-bond acceptors (Lipinski definition) is 4. The normalized spacial score (nSPS) is 11.0. The van der Waals surface area contributed by atoms with Crippen molar-refractivity contribution in [2.24, 2.45) is 5.73 Å². The van der Waals surface area contributed by atoms with Gasteiger partial charge >= 0.3 is 5.97 Å². The number of pyridine rings is 1. The van der Waals surface area contributed by atoms with Gasteiger partial charge < -0.3 is 15.8 Å². The Kier molecular flexibility index (Phi) is 6.14. The summed E-state index contributed by atoms with van der Waals surface area (Å²) in [5.41, 5.74) is 9.36. The molecule has 1 amide bonds. The van der Waals surface area contributed by atoms with Crippen LogP contribution in [0.1, 0.15) is 21.5 Å². The number of esters is 1. The van der Waals surface area contributed by atoms with E-state index in [1.807, 2.05) is 85.1 Å². The largest absolute Gasteiger partial charge is 0.422 e. The lowest BCUT2D eigenvalue weighted by Gasteiger charge is -2.14. The Hall–Kier alpha value is -3.77. The number of amides is 1. The first-order chi connectivity index (χ1) is 15.5. The molecular formula is C26H26N3O3+. The Balaban J connectivity index is 1.89. The Bertz CT molecular complexity index is 1250. The van der Waals surface area contributed by atoms with Gasteiger partial charge in [-0.1, -0.05) is 42.5 Å². The summed E-state index contributed by atoms with van der Waals surface area (Å²) in [6, 6.07) is 20.9. The van der Waals surface area contributed by atoms with Gasteiger partial charge in [0.25, 0.3) is 5.91 Å². The van der Waals surface area contributed by atoms with Crippen molar-refractivity contribution < 1.29 is 18.9 Å². The molecule has 6 nitrogen and oxygen atoms in total. The van der Waals surface area contributed by atoms with E-state index in [-0.39, 0.29) is 12.5 Å². The molecule has 0 bridgehead atoms. The van der Waals surface area contributed by atoms with Gasteiger partial charge in [0.15, 0.2) is 0 Å². The van der Waals surface area contributed by atoms with Crippen LogP contribution in [-0.4, -0.2) is 25.0 Å². The van der Waals surface area contributed by atoms with Crippen LogP contribution in [0.4, 0.5) is 0 Å². The number of carbonyl (C=O) groups excluding carboxylic acids is 2. The minimum atomic E-state index is -0.422. The molecule has 32 heavy (non-hydrogen) atoms. The van der Waals surface area contributed by atoms with Crippen molar-refractivity contribution >= 4 is 33.7 Å². The first-order valence-corrected chi connectivity index (χ1v) is 10.6. The Morgan fingerprint density at radius 3 is 2.00 bits per heavy atom. The number of aromatic nitrogens is 1. The molecule has 0 unspecified atom stereocenters. The summed E-state index contributed by atoms with van der Waals surface area (Å²) in [5, 5.41) is 4.28. The van der Waals surface area contributed by atoms with Crippen LogP contribution in [0, 0.1) is 13.8 Å². The van der Waals surface area contributed by atoms with Crippen LogP contribution >= 0.6 is 0 Å². The van der Waals surface area contributed by atoms with Crippen LogP contribution in [0.3, 0.4) is 0 Å². The third-order valence-electron chi connectivity index (χ3n) is 5.50. The maximum absolute atomic E-state index is 13.5. The van der Waals surface area contributed by atoms with Gasteiger partial charge in [-0.15, -0.1) is 0 Å². The molecule has 0 radical (unpaired) electrons. The topological polar surface area (TPSA) is 85.3 Å². The molecule has 0 saturated carbocycles. The molecule has 0 fully saturated rings. The Morgan fingerprint density at radius 2 is 1.44 bits per heavy atom. The zero-order chi connectivity index (χ0) is 22.7. The van der Waals surface area contributed by atoms with E-state index in [2.05, 4.69) is 5.32 Å². The monoisotopic (exact) mass is 428 g/mol. The number of nitrogens with two attached hydrogens (primary N) is 1. The SMILES string of the molecule is Cc1cccc(C)c1OC(=O)c1c2ccccc2[n+](CC(=O)NCCN)c2ccccc12. The molecule has 1 heterocycles. The van der Waals surface area contributed by atoms with E-state index in [0.717, 1.165) is 32.9 Å². The number of benzene rings is 3. The van der Waals surface area contributed by atoms with Gasteiger partial charge in [0.1, 0.15) is 5.75 Å². The fourth-order valence-corrected chi connectivity index (χ4v) is 4.02. The number of nitrogens with one attached hydrogen (secondary N) is 1. The standard InChI is InChI=1S/C26H25N3O3/c1-17-8-7-9-18(2)25(17)32-26(31)24-19-10-3-5-12-21(19)29(16-23(30)28-15-14-27)22-13-6-4-11-20(22)24/h3-13H,14-16,27H2,1-2H3/p+1. The number of ether oxygens (including phenoxy) is 1. The summed E-state index contributed by atoms with van der Waals surface area (Å²) in [4.78, 5) is 26.0. The van der Waals surface area contributed by atoms with Crippen LogP contribution in [0.25, 0.3) is 21.8 Å². The van der Waals surface area contributed by atoms with Gasteiger partial charge in [0, 0.05) is 25.2 Å².